The van der Waals surface area contributed by atoms with Crippen LogP contribution in [0.2, 0.25) is 0 Å². The summed E-state index contributed by atoms with van der Waals surface area (Å²) >= 11 is 5.68. The fraction of sp³-hybridized carbons (Fsp3) is 0.0400. The van der Waals surface area contributed by atoms with Gasteiger partial charge in [-0.2, -0.15) is 0 Å². The SMILES string of the molecule is O=C(NC(=S)N(c1ccccc1)c1ccc2ccccc2c1)c1ccc2c(c1)OCO2. The van der Waals surface area contributed by atoms with Crippen molar-refractivity contribution < 1.29 is 14.3 Å². The second-order valence-corrected chi connectivity index (χ2v) is 7.42. The molecule has 1 N–H and O–H groups in total. The molecular formula is C25H18N2O3S. The van der Waals surface area contributed by atoms with Crippen molar-refractivity contribution in [1.82, 2.24) is 5.32 Å². The maximum atomic E-state index is 12.9. The number of benzene rings is 4. The number of carbonyl (C=O) groups is 1. The lowest BCUT2D eigenvalue weighted by molar-refractivity contribution is 0.0977. The van der Waals surface area contributed by atoms with E-state index in [4.69, 9.17) is 21.7 Å². The highest BCUT2D eigenvalue weighted by Crippen LogP contribution is 2.33. The zero-order valence-electron chi connectivity index (χ0n) is 16.4. The number of rotatable bonds is 3. The maximum Gasteiger partial charge on any atom is 0.257 e. The van der Waals surface area contributed by atoms with Gasteiger partial charge in [-0.3, -0.25) is 15.0 Å². The van der Waals surface area contributed by atoms with Gasteiger partial charge in [0.1, 0.15) is 0 Å². The van der Waals surface area contributed by atoms with Gasteiger partial charge in [0, 0.05) is 16.9 Å². The zero-order valence-corrected chi connectivity index (χ0v) is 17.3. The Labute approximate surface area is 184 Å². The quantitative estimate of drug-likeness (QED) is 0.443. The molecule has 31 heavy (non-hydrogen) atoms. The summed E-state index contributed by atoms with van der Waals surface area (Å²) in [5.74, 6) is 0.860. The van der Waals surface area contributed by atoms with Gasteiger partial charge in [0.2, 0.25) is 6.79 Å². The van der Waals surface area contributed by atoms with E-state index in [0.717, 1.165) is 22.1 Å². The van der Waals surface area contributed by atoms with Crippen molar-refractivity contribution in [3.8, 4) is 11.5 Å². The van der Waals surface area contributed by atoms with Gasteiger partial charge >= 0.3 is 0 Å². The molecule has 1 heterocycles. The van der Waals surface area contributed by atoms with Crippen molar-refractivity contribution in [3.63, 3.8) is 0 Å². The van der Waals surface area contributed by atoms with Crippen LogP contribution in [0.1, 0.15) is 10.4 Å². The standard InChI is InChI=1S/C25H18N2O3S/c28-24(19-11-13-22-23(15-19)30-16-29-22)26-25(31)27(20-8-2-1-3-9-20)21-12-10-17-6-4-5-7-18(17)14-21/h1-15H,16H2,(H,26,28,31). The molecule has 6 heteroatoms. The first-order valence-electron chi connectivity index (χ1n) is 9.78. The molecule has 5 nitrogen and oxygen atoms in total. The highest BCUT2D eigenvalue weighted by Gasteiger charge is 2.20. The number of hydrogen-bond donors (Lipinski definition) is 1. The van der Waals surface area contributed by atoms with E-state index < -0.39 is 0 Å². The molecule has 1 amide bonds. The Morgan fingerprint density at radius 3 is 2.35 bits per heavy atom. The number of thiocarbonyl (C=S) groups is 1. The van der Waals surface area contributed by atoms with Gasteiger partial charge in [-0.15, -0.1) is 0 Å². The Hall–Kier alpha value is -3.90. The summed E-state index contributed by atoms with van der Waals surface area (Å²) in [6, 6.07) is 29.0. The molecule has 0 unspecified atom stereocenters. The molecule has 0 aliphatic carbocycles. The molecule has 0 aromatic heterocycles. The molecule has 4 aromatic rings. The lowest BCUT2D eigenvalue weighted by Crippen LogP contribution is -2.40. The van der Waals surface area contributed by atoms with Gasteiger partial charge in [-0.1, -0.05) is 48.5 Å². The minimum absolute atomic E-state index is 0.155. The molecule has 152 valence electrons. The Balaban J connectivity index is 1.47. The monoisotopic (exact) mass is 426 g/mol. The summed E-state index contributed by atoms with van der Waals surface area (Å²) in [5.41, 5.74) is 2.16. The average molecular weight is 426 g/mol. The molecular weight excluding hydrogens is 408 g/mol. The van der Waals surface area contributed by atoms with E-state index >= 15 is 0 Å². The van der Waals surface area contributed by atoms with E-state index in [9.17, 15) is 4.79 Å². The first kappa shape index (κ1) is 19.1. The minimum atomic E-state index is -0.315. The number of anilines is 2. The molecule has 4 aromatic carbocycles. The molecule has 0 radical (unpaired) electrons. The van der Waals surface area contributed by atoms with Gasteiger partial charge in [-0.25, -0.2) is 0 Å². The van der Waals surface area contributed by atoms with E-state index in [1.54, 1.807) is 18.2 Å². The molecule has 1 aliphatic heterocycles. The molecule has 0 saturated heterocycles. The first-order chi connectivity index (χ1) is 15.2. The lowest BCUT2D eigenvalue weighted by atomic mass is 10.1. The van der Waals surface area contributed by atoms with Gasteiger partial charge in [0.15, 0.2) is 16.6 Å². The van der Waals surface area contributed by atoms with Crippen molar-refractivity contribution in [3.05, 3.63) is 96.6 Å². The van der Waals surface area contributed by atoms with Crippen LogP contribution in [0.4, 0.5) is 11.4 Å². The number of hydrogen-bond acceptors (Lipinski definition) is 4. The zero-order chi connectivity index (χ0) is 21.2. The Bertz CT molecular complexity index is 1290. The van der Waals surface area contributed by atoms with Crippen LogP contribution in [-0.4, -0.2) is 17.8 Å². The number of para-hydroxylation sites is 1. The summed E-state index contributed by atoms with van der Waals surface area (Å²) in [5, 5.41) is 5.36. The van der Waals surface area contributed by atoms with Crippen LogP contribution < -0.4 is 19.7 Å². The molecule has 5 rings (SSSR count). The van der Waals surface area contributed by atoms with Crippen LogP contribution in [0.25, 0.3) is 10.8 Å². The lowest BCUT2D eigenvalue weighted by Gasteiger charge is -2.26. The molecule has 0 spiro atoms. The molecule has 0 fully saturated rings. The average Bonchev–Trinajstić information content (AvgIpc) is 3.28. The van der Waals surface area contributed by atoms with E-state index in [0.29, 0.717) is 17.1 Å². The van der Waals surface area contributed by atoms with Gasteiger partial charge in [0.25, 0.3) is 5.91 Å². The summed E-state index contributed by atoms with van der Waals surface area (Å²) < 4.78 is 10.7. The summed E-state index contributed by atoms with van der Waals surface area (Å²) in [7, 11) is 0. The van der Waals surface area contributed by atoms with Crippen LogP contribution in [0, 0.1) is 0 Å². The van der Waals surface area contributed by atoms with Crippen LogP contribution >= 0.6 is 12.2 Å². The normalized spacial score (nSPS) is 11.9. The predicted octanol–water partition coefficient (Wildman–Crippen LogP) is 5.42. The Morgan fingerprint density at radius 2 is 1.52 bits per heavy atom. The number of amides is 1. The maximum absolute atomic E-state index is 12.9. The second-order valence-electron chi connectivity index (χ2n) is 7.03. The third-order valence-corrected chi connectivity index (χ3v) is 5.35. The summed E-state index contributed by atoms with van der Waals surface area (Å²) in [6.45, 7) is 0.155. The first-order valence-corrected chi connectivity index (χ1v) is 10.2. The highest BCUT2D eigenvalue weighted by atomic mass is 32.1. The van der Waals surface area contributed by atoms with E-state index in [1.165, 1.54) is 0 Å². The van der Waals surface area contributed by atoms with Gasteiger partial charge in [-0.05, 0) is 65.5 Å². The van der Waals surface area contributed by atoms with E-state index in [1.807, 2.05) is 59.5 Å². The van der Waals surface area contributed by atoms with Crippen molar-refractivity contribution in [2.45, 2.75) is 0 Å². The number of nitrogens with zero attached hydrogens (tertiary/aromatic N) is 1. The summed E-state index contributed by atoms with van der Waals surface area (Å²) in [4.78, 5) is 14.8. The highest BCUT2D eigenvalue weighted by molar-refractivity contribution is 7.80. The minimum Gasteiger partial charge on any atom is -0.454 e. The van der Waals surface area contributed by atoms with E-state index in [-0.39, 0.29) is 17.8 Å². The fourth-order valence-corrected chi connectivity index (χ4v) is 3.84. The van der Waals surface area contributed by atoms with Crippen LogP contribution in [0.5, 0.6) is 11.5 Å². The molecule has 1 aliphatic rings. The smallest absolute Gasteiger partial charge is 0.257 e. The van der Waals surface area contributed by atoms with Crippen molar-refractivity contribution in [2.75, 3.05) is 11.7 Å². The van der Waals surface area contributed by atoms with Gasteiger partial charge < -0.3 is 9.47 Å². The van der Waals surface area contributed by atoms with Crippen LogP contribution in [0.15, 0.2) is 91.0 Å². The Morgan fingerprint density at radius 1 is 0.774 bits per heavy atom. The predicted molar refractivity (Wildman–Crippen MR) is 125 cm³/mol. The molecule has 0 saturated carbocycles. The van der Waals surface area contributed by atoms with Crippen LogP contribution in [-0.2, 0) is 0 Å². The number of carbonyl (C=O) groups excluding carboxylic acids is 1. The summed E-state index contributed by atoms with van der Waals surface area (Å²) in [6.07, 6.45) is 0. The third kappa shape index (κ3) is 3.81. The molecule has 0 bridgehead atoms. The number of fused-ring (bicyclic) bond motifs is 2. The number of ether oxygens (including phenoxy) is 2. The van der Waals surface area contributed by atoms with Crippen molar-refractivity contribution in [1.29, 1.82) is 0 Å². The van der Waals surface area contributed by atoms with Crippen molar-refractivity contribution in [2.24, 2.45) is 0 Å². The second kappa shape index (κ2) is 8.08. The number of nitrogens with one attached hydrogen (secondary N) is 1. The third-order valence-electron chi connectivity index (χ3n) is 5.06. The fourth-order valence-electron chi connectivity index (χ4n) is 3.54. The largest absolute Gasteiger partial charge is 0.454 e. The van der Waals surface area contributed by atoms with E-state index in [2.05, 4.69) is 23.5 Å². The van der Waals surface area contributed by atoms with Crippen LogP contribution in [0.3, 0.4) is 0 Å². The van der Waals surface area contributed by atoms with Gasteiger partial charge in [0.05, 0.1) is 0 Å². The topological polar surface area (TPSA) is 50.8 Å². The Kier molecular flexibility index (Phi) is 4.98. The molecule has 0 atom stereocenters. The van der Waals surface area contributed by atoms with Crippen molar-refractivity contribution >= 4 is 45.4 Å².